The molecule has 2 atom stereocenters. The maximum Gasteiger partial charge on any atom is 0.306 e. The molecule has 2 unspecified atom stereocenters. The minimum atomic E-state index is -4.65. The van der Waals surface area contributed by atoms with E-state index in [1.54, 1.807) is 0 Å². The Balaban J connectivity index is 3.95. The summed E-state index contributed by atoms with van der Waals surface area (Å²) in [4.78, 5) is 38.2. The number of phosphoric ester groups is 1. The minimum Gasteiger partial charge on any atom is -0.756 e. The summed E-state index contributed by atoms with van der Waals surface area (Å²) >= 11 is 0. The van der Waals surface area contributed by atoms with Crippen LogP contribution < -0.4 is 4.89 Å². The van der Waals surface area contributed by atoms with Crippen molar-refractivity contribution in [2.75, 3.05) is 47.5 Å². The van der Waals surface area contributed by atoms with Gasteiger partial charge in [0.2, 0.25) is 0 Å². The smallest absolute Gasteiger partial charge is 0.306 e. The van der Waals surface area contributed by atoms with Crippen LogP contribution in [0.1, 0.15) is 380 Å². The first kappa shape index (κ1) is 91.9. The summed E-state index contributed by atoms with van der Waals surface area (Å²) in [5.74, 6) is -0.816. The standard InChI is InChI=1S/C85H154NO8P/c1-6-8-10-12-14-16-18-20-22-24-26-28-30-32-34-36-38-39-40-41-42-43-44-45-46-47-48-50-52-54-56-58-60-62-64-66-68-70-72-74-76-78-85(88)94-83(82-93-95(89,90)92-80-79-86(3,4)5)81-91-84(87)77-75-73-71-69-67-65-63-61-59-57-55-53-51-49-37-35-33-31-29-27-25-23-21-19-17-15-13-11-9-7-2/h8,10,14,16,20,22,26,28,32,34,38-39,41-42,44-45,83H,6-7,9,11-13,15,17-19,21,23-25,27,29-31,33,35-37,40,43,46-82H2,1-5H3/b10-8-,16-14-,22-20-,28-26-,34-32-,39-38-,42-41-,45-44-. The van der Waals surface area contributed by atoms with E-state index in [4.69, 9.17) is 18.5 Å². The molecule has 0 heterocycles. The van der Waals surface area contributed by atoms with E-state index in [9.17, 15) is 19.0 Å². The predicted molar refractivity (Wildman–Crippen MR) is 411 cm³/mol. The fourth-order valence-electron chi connectivity index (χ4n) is 11.7. The Bertz CT molecular complexity index is 1930. The zero-order valence-corrected chi connectivity index (χ0v) is 64.0. The number of allylic oxidation sites excluding steroid dienone is 16. The second-order valence-corrected chi connectivity index (χ2v) is 29.8. The molecule has 0 spiro atoms. The van der Waals surface area contributed by atoms with Gasteiger partial charge >= 0.3 is 11.9 Å². The van der Waals surface area contributed by atoms with Gasteiger partial charge in [0.25, 0.3) is 7.82 Å². The molecule has 0 rings (SSSR count). The number of rotatable bonds is 75. The fraction of sp³-hybridized carbons (Fsp3) is 0.788. The van der Waals surface area contributed by atoms with Crippen LogP contribution in [0.3, 0.4) is 0 Å². The SMILES string of the molecule is CC/C=C\C/C=C\C/C=C\C/C=C\C/C=C\C/C=C\C/C=C\C/C=C\CCCCCCCCCCCCCCCCCCC(=O)OC(COC(=O)CCCCCCCCCCCCCCCCCCCCCCCCCCCCCCCC)COP(=O)([O-])OCC[N+](C)(C)C. The van der Waals surface area contributed by atoms with Gasteiger partial charge in [0.15, 0.2) is 6.10 Å². The van der Waals surface area contributed by atoms with Crippen molar-refractivity contribution in [1.29, 1.82) is 0 Å². The number of ether oxygens (including phenoxy) is 2. The highest BCUT2D eigenvalue weighted by Gasteiger charge is 2.22. The number of hydrogen-bond acceptors (Lipinski definition) is 8. The van der Waals surface area contributed by atoms with Crippen molar-refractivity contribution in [1.82, 2.24) is 0 Å². The Kier molecular flexibility index (Phi) is 72.7. The lowest BCUT2D eigenvalue weighted by Crippen LogP contribution is -2.37. The summed E-state index contributed by atoms with van der Waals surface area (Å²) < 4.78 is 34.4. The van der Waals surface area contributed by atoms with Crippen LogP contribution in [0.4, 0.5) is 0 Å². The molecule has 0 aliphatic heterocycles. The number of unbranched alkanes of at least 4 members (excludes halogenated alkanes) is 45. The summed E-state index contributed by atoms with van der Waals surface area (Å²) in [7, 11) is 1.18. The first-order valence-electron chi connectivity index (χ1n) is 40.4. The molecule has 0 aliphatic rings. The molecule has 0 aromatic carbocycles. The molecule has 0 aliphatic carbocycles. The van der Waals surface area contributed by atoms with Crippen LogP contribution in [0.5, 0.6) is 0 Å². The van der Waals surface area contributed by atoms with E-state index in [1.807, 2.05) is 21.1 Å². The molecule has 0 saturated carbocycles. The summed E-state index contributed by atoms with van der Waals surface area (Å²) in [6.45, 7) is 4.19. The Labute approximate surface area is 589 Å². The largest absolute Gasteiger partial charge is 0.756 e. The molecule has 0 aromatic rings. The van der Waals surface area contributed by atoms with Gasteiger partial charge in [0.1, 0.15) is 19.8 Å². The summed E-state index contributed by atoms with van der Waals surface area (Å²) in [5, 5.41) is 0. The van der Waals surface area contributed by atoms with E-state index >= 15 is 0 Å². The van der Waals surface area contributed by atoms with Crippen LogP contribution in [0.2, 0.25) is 0 Å². The Morgan fingerprint density at radius 2 is 0.600 bits per heavy atom. The number of esters is 2. The zero-order valence-electron chi connectivity index (χ0n) is 63.1. The van der Waals surface area contributed by atoms with Gasteiger partial charge in [-0.05, 0) is 77.0 Å². The molecular formula is C85H154NO8P. The zero-order chi connectivity index (χ0) is 69.0. The van der Waals surface area contributed by atoms with Gasteiger partial charge in [-0.25, -0.2) is 0 Å². The summed E-state index contributed by atoms with van der Waals surface area (Å²) in [6, 6.07) is 0. The molecular weight excluding hydrogens is 1190 g/mol. The van der Waals surface area contributed by atoms with E-state index in [0.29, 0.717) is 17.4 Å². The Morgan fingerprint density at radius 3 is 0.895 bits per heavy atom. The van der Waals surface area contributed by atoms with E-state index in [-0.39, 0.29) is 32.0 Å². The van der Waals surface area contributed by atoms with Crippen molar-refractivity contribution in [2.45, 2.75) is 386 Å². The van der Waals surface area contributed by atoms with E-state index in [0.717, 1.165) is 89.9 Å². The lowest BCUT2D eigenvalue weighted by atomic mass is 10.0. The maximum atomic E-state index is 12.9. The van der Waals surface area contributed by atoms with Crippen molar-refractivity contribution in [2.24, 2.45) is 0 Å². The normalized spacial score (nSPS) is 13.5. The molecule has 0 radical (unpaired) electrons. The molecule has 0 saturated heterocycles. The number of quaternary nitrogens is 1. The van der Waals surface area contributed by atoms with Crippen LogP contribution in [0.15, 0.2) is 97.2 Å². The van der Waals surface area contributed by atoms with Crippen LogP contribution in [-0.4, -0.2) is 70.0 Å². The molecule has 0 fully saturated rings. The van der Waals surface area contributed by atoms with Crippen molar-refractivity contribution >= 4 is 19.8 Å². The average Bonchev–Trinajstić information content (AvgIpc) is 1.81. The van der Waals surface area contributed by atoms with Crippen molar-refractivity contribution < 1.29 is 42.1 Å². The number of carbonyl (C=O) groups excluding carboxylic acids is 2. The fourth-order valence-corrected chi connectivity index (χ4v) is 12.5. The van der Waals surface area contributed by atoms with Gasteiger partial charge in [0, 0.05) is 12.8 Å². The topological polar surface area (TPSA) is 111 Å². The van der Waals surface area contributed by atoms with E-state index < -0.39 is 26.5 Å². The van der Waals surface area contributed by atoms with Gasteiger partial charge < -0.3 is 27.9 Å². The molecule has 0 amide bonds. The lowest BCUT2D eigenvalue weighted by molar-refractivity contribution is -0.870. The highest BCUT2D eigenvalue weighted by Crippen LogP contribution is 2.38. The van der Waals surface area contributed by atoms with Crippen LogP contribution in [-0.2, 0) is 32.7 Å². The van der Waals surface area contributed by atoms with Gasteiger partial charge in [0.05, 0.1) is 27.7 Å². The Morgan fingerprint density at radius 1 is 0.337 bits per heavy atom. The number of hydrogen-bond donors (Lipinski definition) is 0. The molecule has 10 heteroatoms. The van der Waals surface area contributed by atoms with Crippen molar-refractivity contribution in [3.8, 4) is 0 Å². The molecule has 0 aromatic heterocycles. The highest BCUT2D eigenvalue weighted by atomic mass is 31.2. The van der Waals surface area contributed by atoms with Gasteiger partial charge in [-0.3, -0.25) is 14.2 Å². The Hall–Kier alpha value is -3.07. The predicted octanol–water partition coefficient (Wildman–Crippen LogP) is 26.4. The first-order chi connectivity index (χ1) is 46.5. The van der Waals surface area contributed by atoms with Crippen molar-refractivity contribution in [3.05, 3.63) is 97.2 Å². The third-order valence-corrected chi connectivity index (χ3v) is 18.8. The average molecular weight is 1350 g/mol. The summed E-state index contributed by atoms with van der Waals surface area (Å²) in [5.41, 5.74) is 0. The van der Waals surface area contributed by atoms with Gasteiger partial charge in [-0.1, -0.05) is 387 Å². The molecule has 0 N–H and O–H groups in total. The maximum absolute atomic E-state index is 12.9. The van der Waals surface area contributed by atoms with Crippen molar-refractivity contribution in [3.63, 3.8) is 0 Å². The minimum absolute atomic E-state index is 0.0307. The van der Waals surface area contributed by atoms with E-state index in [1.165, 1.54) is 257 Å². The molecule has 9 nitrogen and oxygen atoms in total. The number of likely N-dealkylation sites (N-methyl/N-ethyl adjacent to an activating group) is 1. The number of carbonyl (C=O) groups is 2. The van der Waals surface area contributed by atoms with Crippen LogP contribution in [0, 0.1) is 0 Å². The van der Waals surface area contributed by atoms with Crippen LogP contribution in [0.25, 0.3) is 0 Å². The second-order valence-electron chi connectivity index (χ2n) is 28.4. The molecule has 95 heavy (non-hydrogen) atoms. The molecule has 0 bridgehead atoms. The van der Waals surface area contributed by atoms with Crippen LogP contribution >= 0.6 is 7.82 Å². The first-order valence-corrected chi connectivity index (χ1v) is 41.9. The highest BCUT2D eigenvalue weighted by molar-refractivity contribution is 7.45. The van der Waals surface area contributed by atoms with E-state index in [2.05, 4.69) is 111 Å². The lowest BCUT2D eigenvalue weighted by Gasteiger charge is -2.28. The monoisotopic (exact) mass is 1350 g/mol. The third kappa shape index (κ3) is 79.8. The second kappa shape index (κ2) is 75.1. The number of nitrogens with zero attached hydrogens (tertiary/aromatic N) is 1. The summed E-state index contributed by atoms with van der Waals surface area (Å²) in [6.07, 6.45) is 105. The quantitative estimate of drug-likeness (QED) is 0.0195. The number of phosphoric acid groups is 1. The van der Waals surface area contributed by atoms with Gasteiger partial charge in [-0.2, -0.15) is 0 Å². The molecule has 552 valence electrons. The van der Waals surface area contributed by atoms with Gasteiger partial charge in [-0.15, -0.1) is 0 Å². The third-order valence-electron chi connectivity index (χ3n) is 17.9.